The number of hydrogen-bond donors (Lipinski definition) is 2. The van der Waals surface area contributed by atoms with Crippen LogP contribution < -0.4 is 5.73 Å². The molecule has 1 unspecified atom stereocenters. The van der Waals surface area contributed by atoms with Gasteiger partial charge in [-0.05, 0) is 83.5 Å². The molecule has 0 fully saturated rings. The van der Waals surface area contributed by atoms with Gasteiger partial charge in [-0.2, -0.15) is 0 Å². The lowest BCUT2D eigenvalue weighted by Gasteiger charge is -2.19. The highest BCUT2D eigenvalue weighted by Gasteiger charge is 2.25. The molecule has 55 heavy (non-hydrogen) atoms. The van der Waals surface area contributed by atoms with E-state index in [-0.39, 0.29) is 32.6 Å². The zero-order valence-corrected chi connectivity index (χ0v) is 35.5. The van der Waals surface area contributed by atoms with Gasteiger partial charge in [0.15, 0.2) is 6.10 Å². The Morgan fingerprint density at radius 3 is 1.53 bits per heavy atom. The largest absolute Gasteiger partial charge is 0.472 e. The molecular weight excluding hydrogens is 713 g/mol. The van der Waals surface area contributed by atoms with Crippen molar-refractivity contribution >= 4 is 19.8 Å². The number of carbonyl (C=O) groups excluding carboxylic acids is 2. The van der Waals surface area contributed by atoms with Crippen LogP contribution in [0.3, 0.4) is 0 Å². The summed E-state index contributed by atoms with van der Waals surface area (Å²) in [4.78, 5) is 34.9. The van der Waals surface area contributed by atoms with Gasteiger partial charge < -0.3 is 20.1 Å². The standard InChI is InChI=1S/C45H78NO8P/c1-3-5-7-9-11-13-15-17-19-20-21-22-24-26-28-30-32-34-36-38-45(48)54-43(42-53-55(49,50)52-40-39-46)41-51-44(47)37-35-33-31-29-27-25-23-18-16-14-12-10-8-6-4-2/h5,7,11,13-14,16-17,19,21-22,26,28,43H,3-4,6,8-10,12,15,18,20,23-25,27,29-42,46H2,1-2H3,(H,49,50)/b7-5-,13-11-,16-14-,19-17-,22-21-,28-26-/t43-/m1/s1. The van der Waals surface area contributed by atoms with Crippen molar-refractivity contribution in [2.45, 2.75) is 174 Å². The van der Waals surface area contributed by atoms with E-state index >= 15 is 0 Å². The molecule has 9 nitrogen and oxygen atoms in total. The number of ether oxygens (including phenoxy) is 2. The van der Waals surface area contributed by atoms with Crippen molar-refractivity contribution in [2.24, 2.45) is 5.73 Å². The monoisotopic (exact) mass is 792 g/mol. The zero-order valence-electron chi connectivity index (χ0n) is 34.6. The van der Waals surface area contributed by atoms with E-state index in [0.29, 0.717) is 6.42 Å². The Kier molecular flexibility index (Phi) is 39.2. The topological polar surface area (TPSA) is 134 Å². The third kappa shape index (κ3) is 40.9. The maximum absolute atomic E-state index is 12.6. The Hall–Kier alpha value is -2.55. The molecule has 0 heterocycles. The third-order valence-electron chi connectivity index (χ3n) is 8.58. The molecule has 0 spiro atoms. The molecule has 0 rings (SSSR count). The highest BCUT2D eigenvalue weighted by atomic mass is 31.2. The molecular formula is C45H78NO8P. The molecule has 316 valence electrons. The molecule has 0 saturated heterocycles. The molecule has 0 aromatic rings. The van der Waals surface area contributed by atoms with Gasteiger partial charge in [0.2, 0.25) is 0 Å². The number of unbranched alkanes of at least 4 members (excludes halogenated alkanes) is 14. The average molecular weight is 792 g/mol. The summed E-state index contributed by atoms with van der Waals surface area (Å²) in [6.07, 6.45) is 49.3. The molecule has 0 bridgehead atoms. The first-order chi connectivity index (χ1) is 26.8. The number of phosphoric acid groups is 1. The van der Waals surface area contributed by atoms with Gasteiger partial charge in [-0.25, -0.2) is 4.57 Å². The van der Waals surface area contributed by atoms with Crippen LogP contribution in [0.1, 0.15) is 168 Å². The van der Waals surface area contributed by atoms with Crippen LogP contribution >= 0.6 is 7.82 Å². The van der Waals surface area contributed by atoms with E-state index in [1.54, 1.807) is 0 Å². The number of allylic oxidation sites excluding steroid dienone is 12. The molecule has 0 aliphatic carbocycles. The lowest BCUT2D eigenvalue weighted by molar-refractivity contribution is -0.161. The summed E-state index contributed by atoms with van der Waals surface area (Å²) in [6, 6.07) is 0. The Morgan fingerprint density at radius 2 is 1.00 bits per heavy atom. The van der Waals surface area contributed by atoms with E-state index in [4.69, 9.17) is 24.3 Å². The van der Waals surface area contributed by atoms with Crippen LogP contribution in [0.5, 0.6) is 0 Å². The van der Waals surface area contributed by atoms with E-state index in [1.165, 1.54) is 51.4 Å². The second-order valence-electron chi connectivity index (χ2n) is 13.8. The van der Waals surface area contributed by atoms with E-state index in [2.05, 4.69) is 86.8 Å². The molecule has 0 aromatic heterocycles. The highest BCUT2D eigenvalue weighted by Crippen LogP contribution is 2.43. The van der Waals surface area contributed by atoms with Crippen molar-refractivity contribution in [2.75, 3.05) is 26.4 Å². The maximum Gasteiger partial charge on any atom is 0.472 e. The minimum Gasteiger partial charge on any atom is -0.462 e. The Labute approximate surface area is 335 Å². The number of esters is 2. The fraction of sp³-hybridized carbons (Fsp3) is 0.689. The van der Waals surface area contributed by atoms with Crippen molar-refractivity contribution in [3.8, 4) is 0 Å². The SMILES string of the molecule is CC/C=C\C/C=C\C/C=C\C/C=C\C/C=C\CCCCCC(=O)O[C@H](COC(=O)CCCCCCCCC/C=C\CCCCCC)COP(=O)(O)OCCN. The third-order valence-corrected chi connectivity index (χ3v) is 9.56. The van der Waals surface area contributed by atoms with Crippen molar-refractivity contribution < 1.29 is 37.6 Å². The molecule has 0 aliphatic heterocycles. The highest BCUT2D eigenvalue weighted by molar-refractivity contribution is 7.47. The van der Waals surface area contributed by atoms with Gasteiger partial charge in [0.05, 0.1) is 13.2 Å². The van der Waals surface area contributed by atoms with Crippen molar-refractivity contribution in [1.29, 1.82) is 0 Å². The molecule has 2 atom stereocenters. The Balaban J connectivity index is 4.25. The summed E-state index contributed by atoms with van der Waals surface area (Å²) in [5, 5.41) is 0. The van der Waals surface area contributed by atoms with Gasteiger partial charge in [-0.1, -0.05) is 145 Å². The maximum atomic E-state index is 12.6. The van der Waals surface area contributed by atoms with Crippen molar-refractivity contribution in [1.82, 2.24) is 0 Å². The van der Waals surface area contributed by atoms with Crippen LogP contribution in [-0.4, -0.2) is 49.3 Å². The summed E-state index contributed by atoms with van der Waals surface area (Å²) in [5.41, 5.74) is 5.34. The molecule has 0 amide bonds. The van der Waals surface area contributed by atoms with E-state index in [0.717, 1.165) is 83.5 Å². The van der Waals surface area contributed by atoms with Crippen LogP contribution in [0, 0.1) is 0 Å². The second-order valence-corrected chi connectivity index (χ2v) is 15.3. The predicted molar refractivity (Wildman–Crippen MR) is 229 cm³/mol. The fourth-order valence-corrected chi connectivity index (χ4v) is 6.18. The molecule has 0 aromatic carbocycles. The van der Waals surface area contributed by atoms with Gasteiger partial charge >= 0.3 is 19.8 Å². The average Bonchev–Trinajstić information content (AvgIpc) is 3.17. The number of phosphoric ester groups is 1. The van der Waals surface area contributed by atoms with Crippen LogP contribution in [0.25, 0.3) is 0 Å². The van der Waals surface area contributed by atoms with Crippen LogP contribution in [-0.2, 0) is 32.7 Å². The van der Waals surface area contributed by atoms with Crippen molar-refractivity contribution in [3.05, 3.63) is 72.9 Å². The summed E-state index contributed by atoms with van der Waals surface area (Å²) in [6.45, 7) is 3.55. The summed E-state index contributed by atoms with van der Waals surface area (Å²) < 4.78 is 32.7. The lowest BCUT2D eigenvalue weighted by atomic mass is 10.1. The number of hydrogen-bond acceptors (Lipinski definition) is 8. The van der Waals surface area contributed by atoms with E-state index < -0.39 is 32.5 Å². The molecule has 0 radical (unpaired) electrons. The van der Waals surface area contributed by atoms with Gasteiger partial charge in [0, 0.05) is 19.4 Å². The Bertz CT molecular complexity index is 1130. The fourth-order valence-electron chi connectivity index (χ4n) is 5.42. The first-order valence-electron chi connectivity index (χ1n) is 21.4. The first kappa shape index (κ1) is 52.5. The quantitative estimate of drug-likeness (QED) is 0.0270. The predicted octanol–water partition coefficient (Wildman–Crippen LogP) is 12.3. The summed E-state index contributed by atoms with van der Waals surface area (Å²) in [7, 11) is -4.39. The first-order valence-corrected chi connectivity index (χ1v) is 22.9. The summed E-state index contributed by atoms with van der Waals surface area (Å²) >= 11 is 0. The van der Waals surface area contributed by atoms with Gasteiger partial charge in [-0.15, -0.1) is 0 Å². The van der Waals surface area contributed by atoms with E-state index in [1.807, 2.05) is 0 Å². The zero-order chi connectivity index (χ0) is 40.3. The second kappa shape index (κ2) is 41.1. The summed E-state index contributed by atoms with van der Waals surface area (Å²) in [5.74, 6) is -0.877. The lowest BCUT2D eigenvalue weighted by Crippen LogP contribution is -2.29. The molecule has 10 heteroatoms. The number of rotatable bonds is 39. The minimum absolute atomic E-state index is 0.0436. The van der Waals surface area contributed by atoms with Gasteiger partial charge in [0.1, 0.15) is 6.61 Å². The van der Waals surface area contributed by atoms with Crippen molar-refractivity contribution in [3.63, 3.8) is 0 Å². The van der Waals surface area contributed by atoms with Gasteiger partial charge in [-0.3, -0.25) is 18.6 Å². The molecule has 3 N–H and O–H groups in total. The minimum atomic E-state index is -4.39. The van der Waals surface area contributed by atoms with Gasteiger partial charge in [0.25, 0.3) is 0 Å². The Morgan fingerprint density at radius 1 is 0.564 bits per heavy atom. The number of nitrogens with two attached hydrogens (primary N) is 1. The smallest absolute Gasteiger partial charge is 0.462 e. The van der Waals surface area contributed by atoms with Crippen LogP contribution in [0.4, 0.5) is 0 Å². The molecule has 0 aliphatic rings. The number of carbonyl (C=O) groups is 2. The van der Waals surface area contributed by atoms with E-state index in [9.17, 15) is 19.0 Å². The van der Waals surface area contributed by atoms with Crippen LogP contribution in [0.15, 0.2) is 72.9 Å². The van der Waals surface area contributed by atoms with Crippen LogP contribution in [0.2, 0.25) is 0 Å². The molecule has 0 saturated carbocycles. The normalized spacial score (nSPS) is 14.0.